The van der Waals surface area contributed by atoms with Crippen LogP contribution in [0.2, 0.25) is 0 Å². The van der Waals surface area contributed by atoms with Crippen LogP contribution in [-0.4, -0.2) is 45.2 Å². The van der Waals surface area contributed by atoms with Crippen molar-refractivity contribution in [2.24, 2.45) is 0 Å². The summed E-state index contributed by atoms with van der Waals surface area (Å²) in [5.41, 5.74) is 1.20. The number of thioether (sulfide) groups is 1. The van der Waals surface area contributed by atoms with Gasteiger partial charge < -0.3 is 14.8 Å². The Morgan fingerprint density at radius 2 is 2.00 bits per heavy atom. The van der Waals surface area contributed by atoms with Crippen LogP contribution >= 0.6 is 11.8 Å². The number of benzene rings is 2. The van der Waals surface area contributed by atoms with Gasteiger partial charge >= 0.3 is 0 Å². The van der Waals surface area contributed by atoms with Crippen LogP contribution in [0.4, 0.5) is 10.1 Å². The molecular formula is C23H20FN5O4S. The molecule has 5 rings (SSSR count). The molecule has 1 unspecified atom stereocenters. The number of fused-ring (bicyclic) bond motifs is 2. The summed E-state index contributed by atoms with van der Waals surface area (Å²) >= 11 is 1.40. The molecule has 2 aromatic carbocycles. The van der Waals surface area contributed by atoms with Crippen molar-refractivity contribution >= 4 is 34.4 Å². The van der Waals surface area contributed by atoms with Crippen LogP contribution in [0.1, 0.15) is 12.5 Å². The minimum atomic E-state index is -0.366. The molecule has 0 radical (unpaired) electrons. The van der Waals surface area contributed by atoms with Crippen molar-refractivity contribution in [3.63, 3.8) is 0 Å². The van der Waals surface area contributed by atoms with Crippen LogP contribution in [0, 0.1) is 5.82 Å². The van der Waals surface area contributed by atoms with E-state index in [9.17, 15) is 14.0 Å². The van der Waals surface area contributed by atoms with E-state index < -0.39 is 0 Å². The molecule has 11 heteroatoms. The largest absolute Gasteiger partial charge is 0.497 e. The Labute approximate surface area is 197 Å². The number of hydrogen-bond acceptors (Lipinski definition) is 7. The topological polar surface area (TPSA) is 100 Å². The van der Waals surface area contributed by atoms with Crippen LogP contribution in [0.15, 0.2) is 58.6 Å². The van der Waals surface area contributed by atoms with Gasteiger partial charge in [-0.3, -0.25) is 14.2 Å². The number of halogens is 1. The van der Waals surface area contributed by atoms with E-state index in [4.69, 9.17) is 9.47 Å². The normalized spacial score (nSPS) is 14.7. The van der Waals surface area contributed by atoms with Gasteiger partial charge in [-0.25, -0.2) is 14.1 Å². The summed E-state index contributed by atoms with van der Waals surface area (Å²) in [6.07, 6.45) is 1.53. The molecule has 2 aromatic heterocycles. The summed E-state index contributed by atoms with van der Waals surface area (Å²) in [6.45, 7) is 0. The van der Waals surface area contributed by atoms with E-state index in [-0.39, 0.29) is 29.7 Å². The highest BCUT2D eigenvalue weighted by atomic mass is 32.2. The number of nitrogens with one attached hydrogen (secondary N) is 1. The smallest absolute Gasteiger partial charge is 0.265 e. The van der Waals surface area contributed by atoms with Gasteiger partial charge in [-0.05, 0) is 36.4 Å². The van der Waals surface area contributed by atoms with Gasteiger partial charge in [0.2, 0.25) is 5.91 Å². The highest BCUT2D eigenvalue weighted by Gasteiger charge is 2.30. The van der Waals surface area contributed by atoms with E-state index >= 15 is 0 Å². The molecule has 1 aliphatic rings. The second kappa shape index (κ2) is 8.82. The van der Waals surface area contributed by atoms with Gasteiger partial charge in [0.25, 0.3) is 5.56 Å². The summed E-state index contributed by atoms with van der Waals surface area (Å²) in [5, 5.41) is 7.96. The molecule has 0 fully saturated rings. The lowest BCUT2D eigenvalue weighted by atomic mass is 10.2. The summed E-state index contributed by atoms with van der Waals surface area (Å²) in [6, 6.07) is 10.5. The molecule has 9 nitrogen and oxygen atoms in total. The molecule has 0 saturated carbocycles. The van der Waals surface area contributed by atoms with Crippen LogP contribution in [0.5, 0.6) is 11.5 Å². The number of rotatable bonds is 6. The van der Waals surface area contributed by atoms with Crippen LogP contribution in [0.3, 0.4) is 0 Å². The summed E-state index contributed by atoms with van der Waals surface area (Å²) < 4.78 is 26.9. The molecule has 3 heterocycles. The first-order valence-electron chi connectivity index (χ1n) is 10.4. The Morgan fingerprint density at radius 1 is 1.21 bits per heavy atom. The fraction of sp³-hybridized carbons (Fsp3) is 0.217. The first-order chi connectivity index (χ1) is 16.5. The number of carbonyl (C=O) groups excluding carboxylic acids is 1. The molecule has 0 aliphatic carbocycles. The van der Waals surface area contributed by atoms with Gasteiger partial charge in [0.1, 0.15) is 22.7 Å². The molecule has 174 valence electrons. The quantitative estimate of drug-likeness (QED) is 0.421. The van der Waals surface area contributed by atoms with Gasteiger partial charge in [0, 0.05) is 18.2 Å². The molecule has 1 amide bonds. The molecule has 34 heavy (non-hydrogen) atoms. The second-order valence-electron chi connectivity index (χ2n) is 7.62. The first kappa shape index (κ1) is 22.0. The third-order valence-electron chi connectivity index (χ3n) is 5.54. The van der Waals surface area contributed by atoms with Crippen molar-refractivity contribution in [1.29, 1.82) is 0 Å². The van der Waals surface area contributed by atoms with E-state index in [1.54, 1.807) is 42.0 Å². The molecule has 1 N–H and O–H groups in total. The van der Waals surface area contributed by atoms with Gasteiger partial charge in [-0.2, -0.15) is 5.10 Å². The Kier molecular flexibility index (Phi) is 5.70. The Morgan fingerprint density at radius 3 is 2.74 bits per heavy atom. The van der Waals surface area contributed by atoms with Gasteiger partial charge in [0.05, 0.1) is 37.8 Å². The third-order valence-corrected chi connectivity index (χ3v) is 6.64. The zero-order valence-electron chi connectivity index (χ0n) is 18.3. The van der Waals surface area contributed by atoms with E-state index in [0.29, 0.717) is 44.8 Å². The number of carbonyl (C=O) groups is 1. The van der Waals surface area contributed by atoms with Crippen molar-refractivity contribution in [2.45, 2.75) is 17.6 Å². The minimum absolute atomic E-state index is 0.0829. The molecule has 0 bridgehead atoms. The standard InChI is InChI=1S/C23H20FN5O4S/c1-32-16-7-8-19(33-2)18(10-16)26-20(30)9-15-12-34-23-27-21-17(22(31)28(15)23)11-25-29(21)14-5-3-13(24)4-6-14/h3-8,10-11,15H,9,12H2,1-2H3,(H,26,30). The number of methoxy groups -OCH3 is 2. The molecule has 4 aromatic rings. The lowest BCUT2D eigenvalue weighted by molar-refractivity contribution is -0.116. The predicted molar refractivity (Wildman–Crippen MR) is 126 cm³/mol. The van der Waals surface area contributed by atoms with E-state index in [2.05, 4.69) is 15.4 Å². The molecule has 0 spiro atoms. The summed E-state index contributed by atoms with van der Waals surface area (Å²) in [4.78, 5) is 30.8. The second-order valence-corrected chi connectivity index (χ2v) is 8.61. The number of anilines is 1. The maximum Gasteiger partial charge on any atom is 0.265 e. The Balaban J connectivity index is 1.42. The Bertz CT molecular complexity index is 1450. The monoisotopic (exact) mass is 481 g/mol. The van der Waals surface area contributed by atoms with Gasteiger partial charge in [0.15, 0.2) is 10.8 Å². The van der Waals surface area contributed by atoms with E-state index in [1.165, 1.54) is 41.9 Å². The average Bonchev–Trinajstić information content (AvgIpc) is 3.44. The van der Waals surface area contributed by atoms with Crippen LogP contribution in [0.25, 0.3) is 16.7 Å². The first-order valence-corrected chi connectivity index (χ1v) is 11.4. The maximum atomic E-state index is 13.3. The molecular weight excluding hydrogens is 461 g/mol. The molecule has 1 aliphatic heterocycles. The summed E-state index contributed by atoms with van der Waals surface area (Å²) in [7, 11) is 3.06. The number of aromatic nitrogens is 4. The van der Waals surface area contributed by atoms with Crippen molar-refractivity contribution < 1.29 is 18.7 Å². The van der Waals surface area contributed by atoms with Crippen LogP contribution in [-0.2, 0) is 4.79 Å². The lowest BCUT2D eigenvalue weighted by Crippen LogP contribution is -2.27. The van der Waals surface area contributed by atoms with Gasteiger partial charge in [-0.15, -0.1) is 0 Å². The number of ether oxygens (including phenoxy) is 2. The van der Waals surface area contributed by atoms with Crippen LogP contribution < -0.4 is 20.3 Å². The third kappa shape index (κ3) is 3.87. The van der Waals surface area contributed by atoms with Crippen molar-refractivity contribution in [3.8, 4) is 17.2 Å². The highest BCUT2D eigenvalue weighted by Crippen LogP contribution is 2.34. The van der Waals surface area contributed by atoms with E-state index in [1.807, 2.05) is 0 Å². The highest BCUT2D eigenvalue weighted by molar-refractivity contribution is 7.99. The fourth-order valence-electron chi connectivity index (χ4n) is 3.88. The van der Waals surface area contributed by atoms with Gasteiger partial charge in [-0.1, -0.05) is 11.8 Å². The number of hydrogen-bond donors (Lipinski definition) is 1. The maximum absolute atomic E-state index is 13.3. The number of amides is 1. The minimum Gasteiger partial charge on any atom is -0.497 e. The molecule has 1 atom stereocenters. The SMILES string of the molecule is COc1ccc(OC)c(NC(=O)CC2CSc3nc4c(cnn4-c4ccc(F)cc4)c(=O)n32)c1. The predicted octanol–water partition coefficient (Wildman–Crippen LogP) is 3.41. The Hall–Kier alpha value is -3.86. The zero-order chi connectivity index (χ0) is 23.8. The zero-order valence-corrected chi connectivity index (χ0v) is 19.1. The van der Waals surface area contributed by atoms with E-state index in [0.717, 1.165) is 0 Å². The summed E-state index contributed by atoms with van der Waals surface area (Å²) in [5.74, 6) is 0.987. The number of nitrogens with zero attached hydrogens (tertiary/aromatic N) is 4. The molecule has 0 saturated heterocycles. The van der Waals surface area contributed by atoms with Crippen molar-refractivity contribution in [2.75, 3.05) is 25.3 Å². The fourth-order valence-corrected chi connectivity index (χ4v) is 5.01. The lowest BCUT2D eigenvalue weighted by Gasteiger charge is -2.15. The average molecular weight is 482 g/mol. The van der Waals surface area contributed by atoms with Crippen molar-refractivity contribution in [1.82, 2.24) is 19.3 Å². The van der Waals surface area contributed by atoms with Crippen molar-refractivity contribution in [3.05, 3.63) is 64.8 Å².